The molecule has 4 aromatic rings. The van der Waals surface area contributed by atoms with Gasteiger partial charge in [-0.3, -0.25) is 4.98 Å². The van der Waals surface area contributed by atoms with Crippen molar-refractivity contribution in [1.82, 2.24) is 20.2 Å². The van der Waals surface area contributed by atoms with E-state index < -0.39 is 11.6 Å². The van der Waals surface area contributed by atoms with Gasteiger partial charge in [0, 0.05) is 18.5 Å². The van der Waals surface area contributed by atoms with E-state index in [1.165, 1.54) is 24.4 Å². The Hall–Kier alpha value is -3.89. The molecule has 1 aromatic carbocycles. The molecule has 0 fully saturated rings. The molecule has 3 heterocycles. The first-order chi connectivity index (χ1) is 15.9. The van der Waals surface area contributed by atoms with Crippen LogP contribution in [-0.2, 0) is 17.8 Å². The molecular formula is C22H19ClN4O6. The molecule has 11 heteroatoms. The highest BCUT2D eigenvalue weighted by atomic mass is 35.5. The average molecular weight is 471 g/mol. The number of hydrogen-bond acceptors (Lipinski definition) is 10. The normalized spacial score (nSPS) is 11.1. The number of aromatic nitrogens is 4. The van der Waals surface area contributed by atoms with Gasteiger partial charge in [-0.05, 0) is 31.2 Å². The van der Waals surface area contributed by atoms with Gasteiger partial charge >= 0.3 is 0 Å². The Bertz CT molecular complexity index is 1270. The zero-order chi connectivity index (χ0) is 23.5. The van der Waals surface area contributed by atoms with Crippen molar-refractivity contribution < 1.29 is 29.6 Å². The number of phenols is 2. The van der Waals surface area contributed by atoms with Gasteiger partial charge in [0.25, 0.3) is 5.89 Å². The average Bonchev–Trinajstić information content (AvgIpc) is 3.23. The van der Waals surface area contributed by atoms with Crippen LogP contribution in [0.25, 0.3) is 22.6 Å². The van der Waals surface area contributed by atoms with Gasteiger partial charge in [-0.25, -0.2) is 4.98 Å². The van der Waals surface area contributed by atoms with E-state index in [0.717, 1.165) is 0 Å². The van der Waals surface area contributed by atoms with E-state index in [-0.39, 0.29) is 58.7 Å². The van der Waals surface area contributed by atoms with Crippen molar-refractivity contribution in [2.75, 3.05) is 6.61 Å². The maximum Gasteiger partial charge on any atom is 0.257 e. The molecule has 0 aliphatic rings. The second-order valence-electron chi connectivity index (χ2n) is 6.93. The van der Waals surface area contributed by atoms with Crippen LogP contribution in [0.2, 0.25) is 5.02 Å². The quantitative estimate of drug-likeness (QED) is 0.313. The van der Waals surface area contributed by atoms with Crippen molar-refractivity contribution in [3.8, 4) is 45.7 Å². The number of hydrogen-bond donors (Lipinski definition) is 4. The summed E-state index contributed by atoms with van der Waals surface area (Å²) in [5, 5.41) is 50.7. The molecule has 33 heavy (non-hydrogen) atoms. The van der Waals surface area contributed by atoms with E-state index in [4.69, 9.17) is 20.8 Å². The highest BCUT2D eigenvalue weighted by Crippen LogP contribution is 2.49. The van der Waals surface area contributed by atoms with Gasteiger partial charge in [0.1, 0.15) is 22.8 Å². The zero-order valence-electron chi connectivity index (χ0n) is 17.4. The van der Waals surface area contributed by atoms with Gasteiger partial charge < -0.3 is 29.6 Å². The first-order valence-electron chi connectivity index (χ1n) is 9.86. The predicted octanol–water partition coefficient (Wildman–Crippen LogP) is 3.80. The first-order valence-corrected chi connectivity index (χ1v) is 10.2. The summed E-state index contributed by atoms with van der Waals surface area (Å²) < 4.78 is 11.0. The molecule has 10 nitrogen and oxygen atoms in total. The Morgan fingerprint density at radius 1 is 0.970 bits per heavy atom. The number of aromatic hydroxyl groups is 4. The summed E-state index contributed by atoms with van der Waals surface area (Å²) in [6.07, 6.45) is 1.67. The van der Waals surface area contributed by atoms with Crippen LogP contribution in [0.1, 0.15) is 24.2 Å². The predicted molar refractivity (Wildman–Crippen MR) is 117 cm³/mol. The van der Waals surface area contributed by atoms with Crippen molar-refractivity contribution in [1.29, 1.82) is 0 Å². The molecule has 0 aliphatic carbocycles. The van der Waals surface area contributed by atoms with Crippen LogP contribution in [0.3, 0.4) is 0 Å². The fraction of sp³-hybridized carbons (Fsp3) is 0.182. The lowest BCUT2D eigenvalue weighted by molar-refractivity contribution is 0.131. The molecule has 0 saturated heterocycles. The van der Waals surface area contributed by atoms with Crippen LogP contribution in [0.4, 0.5) is 0 Å². The second-order valence-corrected chi connectivity index (χ2v) is 7.37. The molecule has 0 atom stereocenters. The van der Waals surface area contributed by atoms with Crippen LogP contribution in [0.5, 0.6) is 23.1 Å². The summed E-state index contributed by atoms with van der Waals surface area (Å²) in [5.41, 5.74) is 0.343. The number of ether oxygens (including phenoxy) is 1. The van der Waals surface area contributed by atoms with Gasteiger partial charge in [-0.1, -0.05) is 17.7 Å². The molecule has 4 N–H and O–H groups in total. The minimum atomic E-state index is -0.583. The molecule has 3 aromatic heterocycles. The maximum atomic E-state index is 11.1. The molecule has 0 bridgehead atoms. The number of benzene rings is 1. The van der Waals surface area contributed by atoms with Gasteiger partial charge in [-0.2, -0.15) is 0 Å². The van der Waals surface area contributed by atoms with E-state index in [0.29, 0.717) is 17.3 Å². The fourth-order valence-electron chi connectivity index (χ4n) is 3.25. The Kier molecular flexibility index (Phi) is 6.29. The molecule has 0 radical (unpaired) electrons. The number of nitrogens with zero attached hydrogens (tertiary/aromatic N) is 4. The smallest absolute Gasteiger partial charge is 0.257 e. The largest absolute Gasteiger partial charge is 0.507 e. The van der Waals surface area contributed by atoms with Crippen LogP contribution < -0.4 is 0 Å². The van der Waals surface area contributed by atoms with Crippen molar-refractivity contribution >= 4 is 11.6 Å². The Balaban J connectivity index is 1.81. The van der Waals surface area contributed by atoms with Crippen molar-refractivity contribution in [2.24, 2.45) is 0 Å². The Morgan fingerprint density at radius 2 is 1.73 bits per heavy atom. The first kappa shape index (κ1) is 22.3. The Labute approximate surface area is 192 Å². The van der Waals surface area contributed by atoms with Crippen LogP contribution >= 0.6 is 11.6 Å². The number of rotatable bonds is 7. The van der Waals surface area contributed by atoms with E-state index in [1.807, 2.05) is 0 Å². The number of phenolic OH excluding ortho intramolecular Hbond substituents is 2. The second kappa shape index (κ2) is 9.31. The third kappa shape index (κ3) is 4.52. The lowest BCUT2D eigenvalue weighted by Crippen LogP contribution is -2.01. The maximum absolute atomic E-state index is 11.1. The van der Waals surface area contributed by atoms with Crippen LogP contribution in [-0.4, -0.2) is 47.2 Å². The van der Waals surface area contributed by atoms with E-state index in [2.05, 4.69) is 20.2 Å². The molecule has 0 unspecified atom stereocenters. The molecule has 0 aliphatic heterocycles. The lowest BCUT2D eigenvalue weighted by Gasteiger charge is -2.16. The topological polar surface area (TPSA) is 155 Å². The molecule has 0 spiro atoms. The summed E-state index contributed by atoms with van der Waals surface area (Å²) in [7, 11) is 0. The third-order valence-corrected chi connectivity index (χ3v) is 4.97. The molecule has 4 rings (SSSR count). The fourth-order valence-corrected chi connectivity index (χ4v) is 3.36. The highest BCUT2D eigenvalue weighted by molar-refractivity contribution is 6.30. The van der Waals surface area contributed by atoms with Crippen molar-refractivity contribution in [2.45, 2.75) is 20.0 Å². The van der Waals surface area contributed by atoms with Gasteiger partial charge in [0.15, 0.2) is 0 Å². The minimum Gasteiger partial charge on any atom is -0.507 e. The summed E-state index contributed by atoms with van der Waals surface area (Å²) in [4.78, 5) is 8.27. The SMILES string of the molecule is CCOCc1nc(O)c(-c2nnc(Cc3ccc(Cl)cn3)o2)c(O)c1-c1c(O)cccc1O. The standard InChI is InChI=1S/C22H19ClN4O6/c1-2-32-10-13-17(18-14(28)4-3-5-15(18)29)20(30)19(21(31)25-13)22-27-26-16(33-22)8-12-7-6-11(23)9-24-12/h3-7,9,28-29H,2,8,10H2,1H3,(H2,25,30,31). The monoisotopic (exact) mass is 470 g/mol. The van der Waals surface area contributed by atoms with Crippen molar-refractivity contribution in [3.63, 3.8) is 0 Å². The third-order valence-electron chi connectivity index (χ3n) is 4.74. The van der Waals surface area contributed by atoms with Crippen molar-refractivity contribution in [3.05, 3.63) is 58.8 Å². The minimum absolute atomic E-state index is 0.0361. The van der Waals surface area contributed by atoms with Crippen LogP contribution in [0, 0.1) is 0 Å². The van der Waals surface area contributed by atoms with Gasteiger partial charge in [0.2, 0.25) is 11.8 Å². The Morgan fingerprint density at radius 3 is 2.39 bits per heavy atom. The summed E-state index contributed by atoms with van der Waals surface area (Å²) >= 11 is 5.84. The van der Waals surface area contributed by atoms with E-state index in [1.54, 1.807) is 19.1 Å². The summed E-state index contributed by atoms with van der Waals surface area (Å²) in [6, 6.07) is 7.50. The van der Waals surface area contributed by atoms with Gasteiger partial charge in [0.05, 0.1) is 34.9 Å². The van der Waals surface area contributed by atoms with E-state index in [9.17, 15) is 20.4 Å². The lowest BCUT2D eigenvalue weighted by atomic mass is 9.98. The zero-order valence-corrected chi connectivity index (χ0v) is 18.1. The molecule has 170 valence electrons. The number of halogens is 1. The van der Waals surface area contributed by atoms with Gasteiger partial charge in [-0.15, -0.1) is 10.2 Å². The number of pyridine rings is 2. The highest BCUT2D eigenvalue weighted by Gasteiger charge is 2.28. The van der Waals surface area contributed by atoms with E-state index >= 15 is 0 Å². The molecule has 0 amide bonds. The van der Waals surface area contributed by atoms with Crippen LogP contribution in [0.15, 0.2) is 40.9 Å². The molecular weight excluding hydrogens is 452 g/mol. The molecule has 0 saturated carbocycles. The summed E-state index contributed by atoms with van der Waals surface area (Å²) in [6.45, 7) is 2.00. The summed E-state index contributed by atoms with van der Waals surface area (Å²) in [5.74, 6) is -1.75.